The van der Waals surface area contributed by atoms with Gasteiger partial charge in [-0.3, -0.25) is 9.78 Å². The monoisotopic (exact) mass is 468 g/mol. The highest BCUT2D eigenvalue weighted by Crippen LogP contribution is 2.36. The second kappa shape index (κ2) is 9.08. The van der Waals surface area contributed by atoms with Crippen molar-refractivity contribution in [3.8, 4) is 0 Å². The second-order valence-electron chi connectivity index (χ2n) is 7.26. The molecular formula is C22H18F6N4O. The molecule has 0 aliphatic heterocycles. The third-order valence-corrected chi connectivity index (χ3v) is 4.73. The fraction of sp³-hybridized carbons (Fsp3) is 0.227. The fourth-order valence-electron chi connectivity index (χ4n) is 3.06. The first-order chi connectivity index (χ1) is 15.4. The highest BCUT2D eigenvalue weighted by Gasteiger charge is 2.37. The number of alkyl halides is 6. The van der Waals surface area contributed by atoms with Crippen LogP contribution in [0.15, 0.2) is 60.9 Å². The van der Waals surface area contributed by atoms with Gasteiger partial charge in [-0.25, -0.2) is 4.98 Å². The number of pyridine rings is 2. The van der Waals surface area contributed by atoms with Gasteiger partial charge in [-0.2, -0.15) is 26.3 Å². The van der Waals surface area contributed by atoms with Gasteiger partial charge < -0.3 is 10.2 Å². The first kappa shape index (κ1) is 24.0. The summed E-state index contributed by atoms with van der Waals surface area (Å²) in [6.45, 7) is 0. The summed E-state index contributed by atoms with van der Waals surface area (Å²) in [7, 11) is 3.48. The maximum Gasteiger partial charge on any atom is 0.418 e. The highest BCUT2D eigenvalue weighted by atomic mass is 19.4. The van der Waals surface area contributed by atoms with E-state index < -0.39 is 41.1 Å². The lowest BCUT2D eigenvalue weighted by Gasteiger charge is -2.23. The fourth-order valence-corrected chi connectivity index (χ4v) is 3.06. The van der Waals surface area contributed by atoms with Gasteiger partial charge in [0.25, 0.3) is 5.91 Å². The Hall–Kier alpha value is -3.63. The average molecular weight is 468 g/mol. The van der Waals surface area contributed by atoms with Crippen LogP contribution in [0.3, 0.4) is 0 Å². The number of benzene rings is 1. The molecule has 3 rings (SSSR count). The largest absolute Gasteiger partial charge is 0.418 e. The molecule has 0 aliphatic rings. The van der Waals surface area contributed by atoms with Crippen molar-refractivity contribution in [3.05, 3.63) is 88.9 Å². The van der Waals surface area contributed by atoms with Crippen LogP contribution in [0, 0.1) is 0 Å². The predicted molar refractivity (Wildman–Crippen MR) is 109 cm³/mol. The van der Waals surface area contributed by atoms with E-state index in [1.54, 1.807) is 25.1 Å². The molecule has 1 amide bonds. The van der Waals surface area contributed by atoms with Gasteiger partial charge in [0, 0.05) is 26.5 Å². The van der Waals surface area contributed by atoms with E-state index in [1.807, 2.05) is 0 Å². The Morgan fingerprint density at radius 2 is 1.58 bits per heavy atom. The summed E-state index contributed by atoms with van der Waals surface area (Å²) in [5.74, 6) is -0.216. The number of rotatable bonds is 5. The molecule has 174 valence electrons. The normalized spacial score (nSPS) is 12.8. The Balaban J connectivity index is 2.04. The Bertz CT molecular complexity index is 1110. The molecule has 0 aliphatic carbocycles. The maximum atomic E-state index is 13.6. The zero-order valence-electron chi connectivity index (χ0n) is 17.4. The van der Waals surface area contributed by atoms with Gasteiger partial charge in [0.1, 0.15) is 5.82 Å². The van der Waals surface area contributed by atoms with Crippen LogP contribution < -0.4 is 10.2 Å². The lowest BCUT2D eigenvalue weighted by molar-refractivity contribution is -0.139. The van der Waals surface area contributed by atoms with E-state index in [0.717, 1.165) is 42.6 Å². The van der Waals surface area contributed by atoms with Gasteiger partial charge in [0.15, 0.2) is 0 Å². The number of nitrogens with one attached hydrogen (secondary N) is 1. The number of amides is 1. The summed E-state index contributed by atoms with van der Waals surface area (Å²) in [6.07, 6.45) is -7.06. The van der Waals surface area contributed by atoms with Crippen LogP contribution in [-0.2, 0) is 12.4 Å². The zero-order valence-corrected chi connectivity index (χ0v) is 17.4. The number of hydrogen-bond donors (Lipinski definition) is 1. The second-order valence-corrected chi connectivity index (χ2v) is 7.26. The van der Waals surface area contributed by atoms with Crippen molar-refractivity contribution in [2.24, 2.45) is 0 Å². The number of anilines is 1. The molecule has 0 unspecified atom stereocenters. The number of nitrogens with zero attached hydrogens (tertiary/aromatic N) is 3. The summed E-state index contributed by atoms with van der Waals surface area (Å²) in [5.41, 5.74) is -2.58. The van der Waals surface area contributed by atoms with Gasteiger partial charge in [-0.05, 0) is 42.0 Å². The van der Waals surface area contributed by atoms with E-state index in [-0.39, 0.29) is 11.1 Å². The van der Waals surface area contributed by atoms with E-state index in [0.29, 0.717) is 5.82 Å². The number of halogens is 6. The topological polar surface area (TPSA) is 58.1 Å². The molecule has 0 saturated heterocycles. The van der Waals surface area contributed by atoms with Crippen LogP contribution in [0.5, 0.6) is 0 Å². The molecular weight excluding hydrogens is 450 g/mol. The van der Waals surface area contributed by atoms with Crippen molar-refractivity contribution >= 4 is 11.7 Å². The van der Waals surface area contributed by atoms with E-state index in [2.05, 4.69) is 15.3 Å². The maximum absolute atomic E-state index is 13.6. The molecule has 0 radical (unpaired) electrons. The summed E-state index contributed by atoms with van der Waals surface area (Å²) in [5, 5.41) is 2.45. The molecule has 33 heavy (non-hydrogen) atoms. The van der Waals surface area contributed by atoms with Crippen molar-refractivity contribution in [2.75, 3.05) is 19.0 Å². The standard InChI is InChI=1S/C22H18F6N4O/c1-32(2)17-10-7-14(12-30-17)20(33)31-18(13-5-8-15(9-6-13)21(23,24)25)19-16(22(26,27)28)4-3-11-29-19/h3-12,18H,1-2H3,(H,31,33)/t18-/m0/s1. The lowest BCUT2D eigenvalue weighted by Crippen LogP contribution is -2.32. The molecule has 0 bridgehead atoms. The van der Waals surface area contributed by atoms with Crippen LogP contribution in [0.4, 0.5) is 32.2 Å². The van der Waals surface area contributed by atoms with Crippen LogP contribution in [0.2, 0.25) is 0 Å². The SMILES string of the molecule is CN(C)c1ccc(C(=O)N[C@@H](c2ccc(C(F)(F)F)cc2)c2ncccc2C(F)(F)F)cn1. The minimum atomic E-state index is -4.80. The van der Waals surface area contributed by atoms with Crippen molar-refractivity contribution in [3.63, 3.8) is 0 Å². The predicted octanol–water partition coefficient (Wildman–Crippen LogP) is 5.10. The van der Waals surface area contributed by atoms with Gasteiger partial charge in [0.2, 0.25) is 0 Å². The van der Waals surface area contributed by atoms with E-state index in [4.69, 9.17) is 0 Å². The van der Waals surface area contributed by atoms with E-state index in [9.17, 15) is 31.1 Å². The van der Waals surface area contributed by atoms with Crippen LogP contribution >= 0.6 is 0 Å². The molecule has 3 aromatic rings. The highest BCUT2D eigenvalue weighted by molar-refractivity contribution is 5.94. The number of carbonyl (C=O) groups excluding carboxylic acids is 1. The quantitative estimate of drug-likeness (QED) is 0.530. The van der Waals surface area contributed by atoms with Gasteiger partial charge in [0.05, 0.1) is 28.4 Å². The van der Waals surface area contributed by atoms with Crippen molar-refractivity contribution in [1.29, 1.82) is 0 Å². The molecule has 5 nitrogen and oxygen atoms in total. The third kappa shape index (κ3) is 5.60. The molecule has 1 N–H and O–H groups in total. The minimum absolute atomic E-state index is 0.00146. The molecule has 1 aromatic carbocycles. The third-order valence-electron chi connectivity index (χ3n) is 4.73. The Kier molecular flexibility index (Phi) is 6.61. The van der Waals surface area contributed by atoms with Gasteiger partial charge >= 0.3 is 12.4 Å². The Morgan fingerprint density at radius 1 is 0.909 bits per heavy atom. The average Bonchev–Trinajstić information content (AvgIpc) is 2.76. The number of aromatic nitrogens is 2. The summed E-state index contributed by atoms with van der Waals surface area (Å²) in [6, 6.07) is 6.88. The molecule has 2 heterocycles. The smallest absolute Gasteiger partial charge is 0.363 e. The van der Waals surface area contributed by atoms with E-state index >= 15 is 0 Å². The molecule has 0 spiro atoms. The number of carbonyl (C=O) groups is 1. The first-order valence-corrected chi connectivity index (χ1v) is 9.51. The molecule has 0 saturated carbocycles. The van der Waals surface area contributed by atoms with Crippen molar-refractivity contribution in [2.45, 2.75) is 18.4 Å². The van der Waals surface area contributed by atoms with E-state index in [1.165, 1.54) is 12.3 Å². The summed E-state index contributed by atoms with van der Waals surface area (Å²) < 4.78 is 79.7. The first-order valence-electron chi connectivity index (χ1n) is 9.51. The van der Waals surface area contributed by atoms with Crippen molar-refractivity contribution < 1.29 is 31.1 Å². The van der Waals surface area contributed by atoms with Crippen molar-refractivity contribution in [1.82, 2.24) is 15.3 Å². The Morgan fingerprint density at radius 3 is 2.09 bits per heavy atom. The minimum Gasteiger partial charge on any atom is -0.363 e. The summed E-state index contributed by atoms with van der Waals surface area (Å²) in [4.78, 5) is 22.4. The van der Waals surface area contributed by atoms with Crippen LogP contribution in [-0.4, -0.2) is 30.0 Å². The van der Waals surface area contributed by atoms with Gasteiger partial charge in [-0.1, -0.05) is 12.1 Å². The molecule has 2 aromatic heterocycles. The Labute approximate surface area is 185 Å². The van der Waals surface area contributed by atoms with Gasteiger partial charge in [-0.15, -0.1) is 0 Å². The summed E-state index contributed by atoms with van der Waals surface area (Å²) >= 11 is 0. The van der Waals surface area contributed by atoms with Crippen LogP contribution in [0.25, 0.3) is 0 Å². The number of hydrogen-bond acceptors (Lipinski definition) is 4. The molecule has 1 atom stereocenters. The molecule has 11 heteroatoms. The zero-order chi connectivity index (χ0) is 24.4. The van der Waals surface area contributed by atoms with Crippen LogP contribution in [0.1, 0.15) is 38.8 Å². The lowest BCUT2D eigenvalue weighted by atomic mass is 9.97. The molecule has 0 fully saturated rings.